The summed E-state index contributed by atoms with van der Waals surface area (Å²) in [7, 11) is -1.15. The van der Waals surface area contributed by atoms with E-state index in [2.05, 4.69) is 4.72 Å². The van der Waals surface area contributed by atoms with Gasteiger partial charge in [-0.25, -0.2) is 12.8 Å². The van der Waals surface area contributed by atoms with E-state index in [1.807, 2.05) is 0 Å². The van der Waals surface area contributed by atoms with Crippen LogP contribution in [0.15, 0.2) is 35.2 Å². The van der Waals surface area contributed by atoms with Gasteiger partial charge in [0.2, 0.25) is 0 Å². The van der Waals surface area contributed by atoms with E-state index in [0.717, 1.165) is 0 Å². The molecule has 3 rings (SSSR count). The minimum Gasteiger partial charge on any atom is -0.496 e. The number of carbonyl (C=O) groups is 1. The number of alkyl halides is 1. The molecule has 30 heavy (non-hydrogen) atoms. The highest BCUT2D eigenvalue weighted by atomic mass is 35.5. The molecule has 0 saturated carbocycles. The molecule has 3 N–H and O–H groups in total. The molecule has 7 nitrogen and oxygen atoms in total. The molecule has 2 aromatic rings. The molecule has 0 fully saturated rings. The van der Waals surface area contributed by atoms with Gasteiger partial charge >= 0.3 is 0 Å². The second kappa shape index (κ2) is 8.69. The number of ether oxygens (including phenoxy) is 2. The maximum Gasteiger partial charge on any atom is 0.262 e. The monoisotopic (exact) mass is 456 g/mol. The van der Waals surface area contributed by atoms with Crippen LogP contribution in [-0.2, 0) is 27.7 Å². The van der Waals surface area contributed by atoms with Crippen LogP contribution in [0.3, 0.4) is 0 Å². The fourth-order valence-electron chi connectivity index (χ4n) is 3.73. The van der Waals surface area contributed by atoms with Crippen LogP contribution in [0.25, 0.3) is 0 Å². The Balaban J connectivity index is 2.02. The Morgan fingerprint density at radius 1 is 1.20 bits per heavy atom. The Kier molecular flexibility index (Phi) is 6.42. The van der Waals surface area contributed by atoms with Crippen LogP contribution < -0.4 is 19.9 Å². The normalized spacial score (nSPS) is 17.0. The van der Waals surface area contributed by atoms with E-state index < -0.39 is 28.0 Å². The van der Waals surface area contributed by atoms with Gasteiger partial charge in [0, 0.05) is 10.9 Å². The van der Waals surface area contributed by atoms with Crippen molar-refractivity contribution in [3.8, 4) is 11.5 Å². The van der Waals surface area contributed by atoms with Gasteiger partial charge < -0.3 is 15.2 Å². The maximum atomic E-state index is 14.2. The molecule has 0 radical (unpaired) electrons. The van der Waals surface area contributed by atoms with Gasteiger partial charge in [0.25, 0.3) is 15.9 Å². The highest BCUT2D eigenvalue weighted by Crippen LogP contribution is 2.39. The molecule has 1 aliphatic carbocycles. The summed E-state index contributed by atoms with van der Waals surface area (Å²) in [6.07, 6.45) is -1.12. The molecule has 0 spiro atoms. The molecule has 0 heterocycles. The van der Waals surface area contributed by atoms with Gasteiger partial charge in [0.1, 0.15) is 11.5 Å². The number of primary amides is 1. The third kappa shape index (κ3) is 4.32. The Bertz CT molecular complexity index is 1080. The molecular formula is C20H22ClFN2O5S. The van der Waals surface area contributed by atoms with Crippen LogP contribution in [0.4, 0.5) is 10.1 Å². The lowest BCUT2D eigenvalue weighted by Gasteiger charge is -2.29. The topological polar surface area (TPSA) is 108 Å². The van der Waals surface area contributed by atoms with Crippen LogP contribution in [0.1, 0.15) is 17.5 Å². The Morgan fingerprint density at radius 3 is 2.50 bits per heavy atom. The zero-order valence-corrected chi connectivity index (χ0v) is 18.0. The molecule has 2 atom stereocenters. The van der Waals surface area contributed by atoms with Crippen molar-refractivity contribution in [2.75, 3.05) is 18.9 Å². The quantitative estimate of drug-likeness (QED) is 0.665. The summed E-state index contributed by atoms with van der Waals surface area (Å²) in [6, 6.07) is 7.55. The third-order valence-electron chi connectivity index (χ3n) is 5.18. The second-order valence-electron chi connectivity index (χ2n) is 6.98. The minimum absolute atomic E-state index is 0.0493. The van der Waals surface area contributed by atoms with Crippen molar-refractivity contribution in [2.24, 2.45) is 11.7 Å². The summed E-state index contributed by atoms with van der Waals surface area (Å²) in [5, 5.41) is 0.341. The first kappa shape index (κ1) is 22.2. The summed E-state index contributed by atoms with van der Waals surface area (Å²) in [6.45, 7) is 0. The number of fused-ring (bicyclic) bond motifs is 1. The van der Waals surface area contributed by atoms with Gasteiger partial charge in [-0.15, -0.1) is 0 Å². The van der Waals surface area contributed by atoms with Crippen LogP contribution in [-0.4, -0.2) is 34.7 Å². The summed E-state index contributed by atoms with van der Waals surface area (Å²) in [4.78, 5) is 11.3. The predicted octanol–water partition coefficient (Wildman–Crippen LogP) is 3.09. The van der Waals surface area contributed by atoms with Crippen molar-refractivity contribution in [1.82, 2.24) is 0 Å². The van der Waals surface area contributed by atoms with E-state index in [0.29, 0.717) is 27.6 Å². The summed E-state index contributed by atoms with van der Waals surface area (Å²) in [5.74, 6) is -0.915. The first-order valence-corrected chi connectivity index (χ1v) is 11.0. The van der Waals surface area contributed by atoms with Crippen molar-refractivity contribution >= 4 is 33.2 Å². The minimum atomic E-state index is -4.01. The number of hydrogen-bond acceptors (Lipinski definition) is 5. The van der Waals surface area contributed by atoms with Crippen LogP contribution in [0.2, 0.25) is 5.02 Å². The number of carbonyl (C=O) groups excluding carboxylic acids is 1. The molecule has 0 aliphatic heterocycles. The summed E-state index contributed by atoms with van der Waals surface area (Å²) >= 11 is 5.99. The molecule has 0 saturated heterocycles. The van der Waals surface area contributed by atoms with Crippen molar-refractivity contribution < 1.29 is 27.1 Å². The highest BCUT2D eigenvalue weighted by Gasteiger charge is 2.34. The zero-order chi connectivity index (χ0) is 22.1. The van der Waals surface area contributed by atoms with Crippen LogP contribution in [0, 0.1) is 5.92 Å². The first-order valence-electron chi connectivity index (χ1n) is 9.16. The number of sulfonamides is 1. The molecular weight excluding hydrogens is 435 g/mol. The van der Waals surface area contributed by atoms with E-state index in [4.69, 9.17) is 26.8 Å². The van der Waals surface area contributed by atoms with Gasteiger partial charge in [-0.1, -0.05) is 11.6 Å². The number of anilines is 1. The Morgan fingerprint density at radius 2 is 1.87 bits per heavy atom. The van der Waals surface area contributed by atoms with E-state index in [1.165, 1.54) is 32.4 Å². The van der Waals surface area contributed by atoms with E-state index in [1.54, 1.807) is 12.1 Å². The fourth-order valence-corrected chi connectivity index (χ4v) is 5.25. The average Bonchev–Trinajstić information content (AvgIpc) is 2.71. The standard InChI is InChI=1S/C20H22ClFN2O5S/c1-28-16-7-8-18(13-5-3-11(9-14(13)16)19(22)20(23)25)30(26,27)24-15-10-12(21)4-6-17(15)29-2/h4,6-8,10-11,19,24H,3,5,9H2,1-2H3,(H2,23,25)/t11-,19?/m0/s1. The van der Waals surface area contributed by atoms with Crippen molar-refractivity contribution in [2.45, 2.75) is 30.3 Å². The molecule has 162 valence electrons. The number of halogens is 2. The van der Waals surface area contributed by atoms with Gasteiger partial charge in [0.05, 0.1) is 24.8 Å². The van der Waals surface area contributed by atoms with Gasteiger partial charge in [-0.2, -0.15) is 0 Å². The lowest BCUT2D eigenvalue weighted by Crippen LogP contribution is -2.35. The maximum absolute atomic E-state index is 14.2. The number of amides is 1. The average molecular weight is 457 g/mol. The zero-order valence-electron chi connectivity index (χ0n) is 16.4. The van der Waals surface area contributed by atoms with Crippen molar-refractivity contribution in [1.29, 1.82) is 0 Å². The van der Waals surface area contributed by atoms with Crippen LogP contribution in [0.5, 0.6) is 11.5 Å². The largest absolute Gasteiger partial charge is 0.496 e. The fraction of sp³-hybridized carbons (Fsp3) is 0.350. The number of methoxy groups -OCH3 is 2. The first-order chi connectivity index (χ1) is 14.2. The third-order valence-corrected chi connectivity index (χ3v) is 6.86. The number of benzene rings is 2. The van der Waals surface area contributed by atoms with Gasteiger partial charge in [0.15, 0.2) is 6.17 Å². The lowest BCUT2D eigenvalue weighted by molar-refractivity contribution is -0.124. The van der Waals surface area contributed by atoms with Crippen molar-refractivity contribution in [3.63, 3.8) is 0 Å². The van der Waals surface area contributed by atoms with E-state index >= 15 is 0 Å². The predicted molar refractivity (Wildman–Crippen MR) is 111 cm³/mol. The van der Waals surface area contributed by atoms with Gasteiger partial charge in [-0.05, 0) is 60.7 Å². The number of nitrogens with one attached hydrogen (secondary N) is 1. The molecule has 2 aromatic carbocycles. The molecule has 1 amide bonds. The molecule has 1 aliphatic rings. The molecule has 0 aromatic heterocycles. The van der Waals surface area contributed by atoms with E-state index in [9.17, 15) is 17.6 Å². The summed E-state index contributed by atoms with van der Waals surface area (Å²) < 4.78 is 53.6. The number of nitrogens with two attached hydrogens (primary N) is 1. The highest BCUT2D eigenvalue weighted by molar-refractivity contribution is 7.92. The number of rotatable bonds is 7. The summed E-state index contributed by atoms with van der Waals surface area (Å²) in [5.41, 5.74) is 6.38. The molecule has 10 heteroatoms. The second-order valence-corrected chi connectivity index (χ2v) is 9.07. The Labute approximate surface area is 179 Å². The smallest absolute Gasteiger partial charge is 0.262 e. The van der Waals surface area contributed by atoms with Crippen LogP contribution >= 0.6 is 11.6 Å². The van der Waals surface area contributed by atoms with Gasteiger partial charge in [-0.3, -0.25) is 9.52 Å². The van der Waals surface area contributed by atoms with Crippen molar-refractivity contribution in [3.05, 3.63) is 46.5 Å². The SMILES string of the molecule is COc1ccc(Cl)cc1NS(=O)(=O)c1ccc(OC)c2c1CC[C@H](C(F)C(N)=O)C2. The molecule has 0 bridgehead atoms. The molecule has 1 unspecified atom stereocenters. The lowest BCUT2D eigenvalue weighted by atomic mass is 9.81. The van der Waals surface area contributed by atoms with E-state index in [-0.39, 0.29) is 29.8 Å². The number of hydrogen-bond donors (Lipinski definition) is 2. The Hall–Kier alpha value is -2.52.